The molecule has 0 saturated carbocycles. The van der Waals surface area contributed by atoms with Crippen LogP contribution in [0.15, 0.2) is 95.5 Å². The van der Waals surface area contributed by atoms with E-state index in [0.29, 0.717) is 17.4 Å². The van der Waals surface area contributed by atoms with Gasteiger partial charge >= 0.3 is 5.97 Å². The zero-order valence-electron chi connectivity index (χ0n) is 17.6. The summed E-state index contributed by atoms with van der Waals surface area (Å²) in [7, 11) is 0. The molecule has 2 aromatic heterocycles. The van der Waals surface area contributed by atoms with Crippen LogP contribution in [-0.2, 0) is 6.54 Å². The number of pyridine rings is 1. The number of furan rings is 1. The zero-order chi connectivity index (χ0) is 22.8. The number of rotatable bonds is 6. The highest BCUT2D eigenvalue weighted by Crippen LogP contribution is 2.41. The van der Waals surface area contributed by atoms with E-state index in [9.17, 15) is 4.79 Å². The molecule has 1 aliphatic rings. The number of hydrogen-bond acceptors (Lipinski definition) is 4. The van der Waals surface area contributed by atoms with Gasteiger partial charge in [-0.25, -0.2) is 4.79 Å². The van der Waals surface area contributed by atoms with E-state index in [2.05, 4.69) is 27.3 Å². The number of hydrogen-bond donors (Lipinski definition) is 2. The molecule has 5 rings (SSSR count). The Kier molecular flexibility index (Phi) is 5.62. The molecule has 1 saturated heterocycles. The molecular weight excluding hydrogens is 434 g/mol. The molecule has 0 unspecified atom stereocenters. The van der Waals surface area contributed by atoms with E-state index in [0.717, 1.165) is 22.6 Å². The number of aromatic nitrogens is 1. The summed E-state index contributed by atoms with van der Waals surface area (Å²) in [4.78, 5) is 17.8. The van der Waals surface area contributed by atoms with Crippen LogP contribution in [0.1, 0.15) is 39.5 Å². The maximum Gasteiger partial charge on any atom is 0.335 e. The van der Waals surface area contributed by atoms with Crippen LogP contribution in [0.5, 0.6) is 0 Å². The lowest BCUT2D eigenvalue weighted by atomic mass is 10.0. The van der Waals surface area contributed by atoms with Gasteiger partial charge in [-0.3, -0.25) is 4.98 Å². The Bertz CT molecular complexity index is 1270. The normalized spacial score (nSPS) is 17.7. The number of thiocarbonyl (C=S) groups is 1. The predicted molar refractivity (Wildman–Crippen MR) is 129 cm³/mol. The molecule has 0 radical (unpaired) electrons. The lowest BCUT2D eigenvalue weighted by molar-refractivity contribution is 0.0697. The maximum absolute atomic E-state index is 11.2. The van der Waals surface area contributed by atoms with Crippen molar-refractivity contribution in [1.82, 2.24) is 15.2 Å². The van der Waals surface area contributed by atoms with Gasteiger partial charge in [0.05, 0.1) is 17.3 Å². The van der Waals surface area contributed by atoms with Crippen LogP contribution in [0, 0.1) is 0 Å². The molecule has 7 heteroatoms. The second-order valence-electron chi connectivity index (χ2n) is 7.82. The molecule has 2 aromatic carbocycles. The first kappa shape index (κ1) is 20.9. The summed E-state index contributed by atoms with van der Waals surface area (Å²) < 4.78 is 6.31. The molecule has 6 nitrogen and oxygen atoms in total. The fourth-order valence-corrected chi connectivity index (χ4v) is 4.41. The Morgan fingerprint density at radius 1 is 1.00 bits per heavy atom. The second kappa shape index (κ2) is 8.88. The number of carbonyl (C=O) groups is 1. The highest BCUT2D eigenvalue weighted by molar-refractivity contribution is 7.80. The average Bonchev–Trinajstić information content (AvgIpc) is 3.45. The molecule has 4 aromatic rings. The van der Waals surface area contributed by atoms with Gasteiger partial charge in [-0.15, -0.1) is 0 Å². The van der Waals surface area contributed by atoms with E-state index < -0.39 is 5.97 Å². The average molecular weight is 456 g/mol. The summed E-state index contributed by atoms with van der Waals surface area (Å²) in [5, 5.41) is 13.2. The third-order valence-electron chi connectivity index (χ3n) is 5.73. The summed E-state index contributed by atoms with van der Waals surface area (Å²) in [5.74, 6) is 0.465. The first-order valence-corrected chi connectivity index (χ1v) is 11.0. The summed E-state index contributed by atoms with van der Waals surface area (Å²) in [6, 6.07) is 26.1. The number of carboxylic acid groups (broad SMARTS) is 1. The molecule has 2 atom stereocenters. The first-order chi connectivity index (χ1) is 16.1. The van der Waals surface area contributed by atoms with Crippen LogP contribution in [-0.4, -0.2) is 26.1 Å². The van der Waals surface area contributed by atoms with Crippen molar-refractivity contribution in [2.75, 3.05) is 0 Å². The summed E-state index contributed by atoms with van der Waals surface area (Å²) in [6.07, 6.45) is 1.77. The van der Waals surface area contributed by atoms with E-state index in [1.165, 1.54) is 0 Å². The van der Waals surface area contributed by atoms with Gasteiger partial charge in [-0.1, -0.05) is 48.5 Å². The zero-order valence-corrected chi connectivity index (χ0v) is 18.4. The summed E-state index contributed by atoms with van der Waals surface area (Å²) in [6.45, 7) is 0.629. The molecular formula is C26H21N3O3S. The molecule has 1 aliphatic heterocycles. The van der Waals surface area contributed by atoms with Crippen LogP contribution in [0.4, 0.5) is 0 Å². The van der Waals surface area contributed by atoms with Crippen molar-refractivity contribution in [2.24, 2.45) is 0 Å². The first-order valence-electron chi connectivity index (χ1n) is 10.6. The van der Waals surface area contributed by atoms with Gasteiger partial charge in [-0.2, -0.15) is 0 Å². The highest BCUT2D eigenvalue weighted by atomic mass is 32.1. The van der Waals surface area contributed by atoms with Gasteiger partial charge in [0.1, 0.15) is 17.6 Å². The van der Waals surface area contributed by atoms with Crippen molar-refractivity contribution in [3.8, 4) is 11.3 Å². The van der Waals surface area contributed by atoms with Gasteiger partial charge in [-0.05, 0) is 54.2 Å². The molecule has 164 valence electrons. The third kappa shape index (κ3) is 4.23. The number of nitrogens with zero attached hydrogens (tertiary/aromatic N) is 2. The molecule has 0 bridgehead atoms. The van der Waals surface area contributed by atoms with Gasteiger partial charge in [0.25, 0.3) is 0 Å². The van der Waals surface area contributed by atoms with Crippen LogP contribution in [0.25, 0.3) is 11.3 Å². The number of benzene rings is 2. The van der Waals surface area contributed by atoms with Crippen molar-refractivity contribution in [3.63, 3.8) is 0 Å². The minimum Gasteiger partial charge on any atom is -0.478 e. The van der Waals surface area contributed by atoms with Crippen molar-refractivity contribution >= 4 is 23.3 Å². The molecule has 0 spiro atoms. The molecule has 2 N–H and O–H groups in total. The Hall–Kier alpha value is -3.97. The molecule has 3 heterocycles. The van der Waals surface area contributed by atoms with Crippen LogP contribution in [0.3, 0.4) is 0 Å². The van der Waals surface area contributed by atoms with Crippen LogP contribution < -0.4 is 5.32 Å². The maximum atomic E-state index is 11.2. The van der Waals surface area contributed by atoms with Gasteiger partial charge in [0.15, 0.2) is 5.11 Å². The Morgan fingerprint density at radius 3 is 2.45 bits per heavy atom. The monoisotopic (exact) mass is 455 g/mol. The van der Waals surface area contributed by atoms with Gasteiger partial charge in [0.2, 0.25) is 0 Å². The third-order valence-corrected chi connectivity index (χ3v) is 6.08. The second-order valence-corrected chi connectivity index (χ2v) is 8.21. The Balaban J connectivity index is 1.51. The van der Waals surface area contributed by atoms with Crippen LogP contribution in [0.2, 0.25) is 0 Å². The van der Waals surface area contributed by atoms with E-state index in [-0.39, 0.29) is 17.6 Å². The Labute approximate surface area is 196 Å². The van der Waals surface area contributed by atoms with Crippen molar-refractivity contribution in [1.29, 1.82) is 0 Å². The van der Waals surface area contributed by atoms with Crippen molar-refractivity contribution in [2.45, 2.75) is 18.6 Å². The number of nitrogens with one attached hydrogen (secondary N) is 1. The Morgan fingerprint density at radius 2 is 1.76 bits per heavy atom. The number of carboxylic acids is 1. The minimum absolute atomic E-state index is 0.171. The van der Waals surface area contributed by atoms with E-state index in [1.807, 2.05) is 48.5 Å². The lowest BCUT2D eigenvalue weighted by Gasteiger charge is -2.26. The highest BCUT2D eigenvalue weighted by Gasteiger charge is 2.41. The molecule has 0 aliphatic carbocycles. The lowest BCUT2D eigenvalue weighted by Crippen LogP contribution is -2.29. The van der Waals surface area contributed by atoms with Gasteiger partial charge < -0.3 is 19.7 Å². The summed E-state index contributed by atoms with van der Waals surface area (Å²) >= 11 is 5.72. The minimum atomic E-state index is -0.956. The standard InChI is InChI=1S/C26H21N3O3S/c30-25(31)19-11-9-18(10-12-19)21-13-14-22(32-21)24-23(20-8-4-5-15-27-20)28-26(33)29(24)16-17-6-2-1-3-7-17/h1-15,23-24H,16H2,(H,28,33)(H,30,31)/t23-,24-/m0/s1. The van der Waals surface area contributed by atoms with E-state index >= 15 is 0 Å². The van der Waals surface area contributed by atoms with E-state index in [1.54, 1.807) is 30.5 Å². The van der Waals surface area contributed by atoms with E-state index in [4.69, 9.17) is 21.7 Å². The topological polar surface area (TPSA) is 78.6 Å². The molecule has 0 amide bonds. The van der Waals surface area contributed by atoms with Gasteiger partial charge in [0, 0.05) is 18.3 Å². The molecule has 1 fully saturated rings. The predicted octanol–water partition coefficient (Wildman–Crippen LogP) is 5.21. The fourth-order valence-electron chi connectivity index (χ4n) is 4.11. The van der Waals surface area contributed by atoms with Crippen LogP contribution >= 0.6 is 12.2 Å². The largest absolute Gasteiger partial charge is 0.478 e. The fraction of sp³-hybridized carbons (Fsp3) is 0.115. The summed E-state index contributed by atoms with van der Waals surface area (Å²) in [5.41, 5.74) is 3.07. The smallest absolute Gasteiger partial charge is 0.335 e. The quantitative estimate of drug-likeness (QED) is 0.386. The number of aromatic carboxylic acids is 1. The SMILES string of the molecule is O=C(O)c1ccc(-c2ccc([C@H]3[C@H](c4ccccn4)NC(=S)N3Cc3ccccc3)o2)cc1. The van der Waals surface area contributed by atoms with Crippen molar-refractivity contribution in [3.05, 3.63) is 114 Å². The molecule has 33 heavy (non-hydrogen) atoms. The van der Waals surface area contributed by atoms with Crippen molar-refractivity contribution < 1.29 is 14.3 Å².